The first-order chi connectivity index (χ1) is 15.0. The van der Waals surface area contributed by atoms with Gasteiger partial charge in [0.1, 0.15) is 17.0 Å². The number of nitrogens with zero attached hydrogens (tertiary/aromatic N) is 6. The third-order valence-corrected chi connectivity index (χ3v) is 5.01. The van der Waals surface area contributed by atoms with E-state index in [0.717, 1.165) is 0 Å². The summed E-state index contributed by atoms with van der Waals surface area (Å²) in [6.45, 7) is 3.92. The van der Waals surface area contributed by atoms with Crippen molar-refractivity contribution in [1.82, 2.24) is 29.3 Å². The first kappa shape index (κ1) is 20.3. The SMILES string of the molecule is CCc1nnc(CC)n1-n1cc(C(=O)OC)c2nn(-c3ccc(OC)cc3)c(=O)c-2c1. The lowest BCUT2D eigenvalue weighted by molar-refractivity contribution is 0.0600. The van der Waals surface area contributed by atoms with E-state index in [4.69, 9.17) is 9.47 Å². The van der Waals surface area contributed by atoms with E-state index in [2.05, 4.69) is 15.3 Å². The van der Waals surface area contributed by atoms with Crippen molar-refractivity contribution in [3.05, 3.63) is 64.2 Å². The van der Waals surface area contributed by atoms with Crippen LogP contribution in [0.2, 0.25) is 0 Å². The van der Waals surface area contributed by atoms with Crippen molar-refractivity contribution < 1.29 is 14.3 Å². The molecule has 3 heterocycles. The van der Waals surface area contributed by atoms with Gasteiger partial charge in [-0.25, -0.2) is 9.47 Å². The minimum Gasteiger partial charge on any atom is -0.497 e. The molecule has 0 bridgehead atoms. The second-order valence-electron chi connectivity index (χ2n) is 6.77. The van der Waals surface area contributed by atoms with Gasteiger partial charge in [0.15, 0.2) is 11.6 Å². The molecule has 0 aliphatic carbocycles. The molecule has 10 nitrogen and oxygen atoms in total. The third kappa shape index (κ3) is 3.35. The number of pyridine rings is 1. The van der Waals surface area contributed by atoms with Gasteiger partial charge in [-0.3, -0.25) is 9.47 Å². The van der Waals surface area contributed by atoms with Crippen LogP contribution in [0.3, 0.4) is 0 Å². The van der Waals surface area contributed by atoms with E-state index in [9.17, 15) is 9.59 Å². The van der Waals surface area contributed by atoms with E-state index in [1.807, 2.05) is 13.8 Å². The van der Waals surface area contributed by atoms with E-state index in [1.54, 1.807) is 53.1 Å². The average Bonchev–Trinajstić information content (AvgIpc) is 3.38. The standard InChI is InChI=1S/C21H22N6O4/c1-5-17-22-23-18(6-2)27(17)25-11-15-19(16(12-25)21(29)31-4)24-26(20(15)28)13-7-9-14(30-3)10-8-13/h7-12H,5-6H2,1-4H3. The highest BCUT2D eigenvalue weighted by Crippen LogP contribution is 2.24. The minimum absolute atomic E-state index is 0.169. The van der Waals surface area contributed by atoms with E-state index >= 15 is 0 Å². The highest BCUT2D eigenvalue weighted by molar-refractivity contribution is 5.96. The fraction of sp³-hybridized carbons (Fsp3) is 0.286. The van der Waals surface area contributed by atoms with Crippen molar-refractivity contribution in [2.45, 2.75) is 26.7 Å². The number of esters is 1. The number of carbonyl (C=O) groups excluding carboxylic acids is 1. The predicted octanol–water partition coefficient (Wildman–Crippen LogP) is 1.96. The lowest BCUT2D eigenvalue weighted by Crippen LogP contribution is -2.20. The predicted molar refractivity (Wildman–Crippen MR) is 112 cm³/mol. The number of carbonyl (C=O) groups is 1. The molecule has 10 heteroatoms. The zero-order valence-electron chi connectivity index (χ0n) is 17.7. The number of benzene rings is 1. The fourth-order valence-corrected chi connectivity index (χ4v) is 3.42. The summed E-state index contributed by atoms with van der Waals surface area (Å²) in [4.78, 5) is 25.8. The lowest BCUT2D eigenvalue weighted by atomic mass is 10.1. The Morgan fingerprint density at radius 3 is 2.19 bits per heavy atom. The first-order valence-electron chi connectivity index (χ1n) is 9.83. The number of ether oxygens (including phenoxy) is 2. The van der Waals surface area contributed by atoms with Crippen LogP contribution >= 0.6 is 0 Å². The van der Waals surface area contributed by atoms with Gasteiger partial charge >= 0.3 is 5.97 Å². The first-order valence-corrected chi connectivity index (χ1v) is 9.83. The third-order valence-electron chi connectivity index (χ3n) is 5.01. The van der Waals surface area contributed by atoms with Crippen LogP contribution < -0.4 is 10.3 Å². The number of aromatic nitrogens is 6. The Bertz CT molecular complexity index is 1250. The van der Waals surface area contributed by atoms with E-state index < -0.39 is 5.97 Å². The van der Waals surface area contributed by atoms with Gasteiger partial charge in [-0.15, -0.1) is 10.2 Å². The Kier molecular flexibility index (Phi) is 5.28. The Morgan fingerprint density at radius 2 is 1.65 bits per heavy atom. The number of methoxy groups -OCH3 is 2. The molecule has 1 aromatic carbocycles. The summed E-state index contributed by atoms with van der Waals surface area (Å²) in [6.07, 6.45) is 4.47. The molecule has 2 aliphatic rings. The van der Waals surface area contributed by atoms with E-state index in [0.29, 0.717) is 35.9 Å². The monoisotopic (exact) mass is 422 g/mol. The number of hydrogen-bond acceptors (Lipinski definition) is 7. The fourth-order valence-electron chi connectivity index (χ4n) is 3.42. The Hall–Kier alpha value is -3.95. The maximum Gasteiger partial charge on any atom is 0.341 e. The molecule has 2 aliphatic heterocycles. The summed E-state index contributed by atoms with van der Waals surface area (Å²) in [5.74, 6) is 1.47. The number of fused-ring (bicyclic) bond motifs is 1. The van der Waals surface area contributed by atoms with Crippen molar-refractivity contribution in [2.24, 2.45) is 0 Å². The van der Waals surface area contributed by atoms with Crippen molar-refractivity contribution in [1.29, 1.82) is 0 Å². The van der Waals surface area contributed by atoms with E-state index in [1.165, 1.54) is 11.8 Å². The van der Waals surface area contributed by atoms with Gasteiger partial charge in [0.25, 0.3) is 5.56 Å². The minimum atomic E-state index is -0.595. The summed E-state index contributed by atoms with van der Waals surface area (Å²) in [5.41, 5.74) is 0.896. The maximum atomic E-state index is 13.2. The van der Waals surface area contributed by atoms with Gasteiger partial charge in [-0.05, 0) is 24.3 Å². The molecule has 0 radical (unpaired) electrons. The molecular formula is C21H22N6O4. The summed E-state index contributed by atoms with van der Waals surface area (Å²) in [7, 11) is 2.86. The van der Waals surface area contributed by atoms with Crippen LogP contribution in [0.1, 0.15) is 35.9 Å². The zero-order valence-corrected chi connectivity index (χ0v) is 17.7. The molecule has 0 saturated carbocycles. The molecule has 2 aromatic rings. The normalized spacial score (nSPS) is 11.1. The van der Waals surface area contributed by atoms with Crippen LogP contribution in [0.5, 0.6) is 5.75 Å². The van der Waals surface area contributed by atoms with Crippen LogP contribution in [0.4, 0.5) is 0 Å². The molecule has 0 unspecified atom stereocenters. The van der Waals surface area contributed by atoms with Crippen LogP contribution in [0.15, 0.2) is 41.5 Å². The Balaban J connectivity index is 1.99. The Morgan fingerprint density at radius 1 is 1.00 bits per heavy atom. The summed E-state index contributed by atoms with van der Waals surface area (Å²) < 4.78 is 14.8. The highest BCUT2D eigenvalue weighted by Gasteiger charge is 2.26. The smallest absolute Gasteiger partial charge is 0.341 e. The second-order valence-corrected chi connectivity index (χ2v) is 6.77. The topological polar surface area (TPSA) is 106 Å². The molecule has 0 saturated heterocycles. The lowest BCUT2D eigenvalue weighted by Gasteiger charge is -2.15. The van der Waals surface area contributed by atoms with Crippen molar-refractivity contribution in [2.75, 3.05) is 14.2 Å². The number of hydrogen-bond donors (Lipinski definition) is 0. The second kappa shape index (κ2) is 8.05. The quantitative estimate of drug-likeness (QED) is 0.437. The molecule has 31 heavy (non-hydrogen) atoms. The molecule has 1 aromatic heterocycles. The largest absolute Gasteiger partial charge is 0.497 e. The number of rotatable bonds is 6. The van der Waals surface area contributed by atoms with Gasteiger partial charge in [-0.2, -0.15) is 9.78 Å². The molecule has 0 N–H and O–H groups in total. The van der Waals surface area contributed by atoms with Crippen LogP contribution in [-0.4, -0.2) is 49.5 Å². The van der Waals surface area contributed by atoms with E-state index in [-0.39, 0.29) is 22.4 Å². The molecule has 4 rings (SSSR count). The summed E-state index contributed by atoms with van der Waals surface area (Å²) in [5, 5.41) is 12.8. The molecular weight excluding hydrogens is 400 g/mol. The van der Waals surface area contributed by atoms with Gasteiger partial charge < -0.3 is 9.47 Å². The summed E-state index contributed by atoms with van der Waals surface area (Å²) in [6, 6.07) is 6.92. The van der Waals surface area contributed by atoms with Gasteiger partial charge in [0.2, 0.25) is 0 Å². The van der Waals surface area contributed by atoms with Crippen molar-refractivity contribution in [3.63, 3.8) is 0 Å². The van der Waals surface area contributed by atoms with Crippen LogP contribution in [0, 0.1) is 0 Å². The van der Waals surface area contributed by atoms with Gasteiger partial charge in [0.05, 0.1) is 25.5 Å². The molecule has 0 amide bonds. The molecule has 0 atom stereocenters. The van der Waals surface area contributed by atoms with Crippen molar-refractivity contribution >= 4 is 5.97 Å². The van der Waals surface area contributed by atoms with Gasteiger partial charge in [0, 0.05) is 25.2 Å². The Labute approximate surface area is 178 Å². The van der Waals surface area contributed by atoms with Crippen molar-refractivity contribution in [3.8, 4) is 22.7 Å². The zero-order chi connectivity index (χ0) is 22.1. The van der Waals surface area contributed by atoms with Crippen LogP contribution in [0.25, 0.3) is 16.9 Å². The van der Waals surface area contributed by atoms with Gasteiger partial charge in [-0.1, -0.05) is 13.8 Å². The highest BCUT2D eigenvalue weighted by atomic mass is 16.5. The molecule has 160 valence electrons. The summed E-state index contributed by atoms with van der Waals surface area (Å²) >= 11 is 0. The number of aryl methyl sites for hydroxylation is 2. The molecule has 0 fully saturated rings. The average molecular weight is 422 g/mol. The van der Waals surface area contributed by atoms with Crippen LogP contribution in [-0.2, 0) is 17.6 Å². The molecule has 0 spiro atoms. The maximum absolute atomic E-state index is 13.2.